The number of carbonyl (C=O) groups is 1. The number of ketones is 1. The van der Waals surface area contributed by atoms with E-state index in [0.29, 0.717) is 49.7 Å². The van der Waals surface area contributed by atoms with Crippen molar-refractivity contribution in [1.29, 1.82) is 0 Å². The lowest BCUT2D eigenvalue weighted by atomic mass is 10.0. The van der Waals surface area contributed by atoms with Crippen LogP contribution in [0.2, 0.25) is 5.02 Å². The zero-order chi connectivity index (χ0) is 28.3. The Kier molecular flexibility index (Phi) is 8.50. The molecule has 13 heteroatoms. The van der Waals surface area contributed by atoms with Crippen LogP contribution in [-0.2, 0) is 20.7 Å². The van der Waals surface area contributed by atoms with E-state index in [1.165, 1.54) is 42.7 Å². The van der Waals surface area contributed by atoms with Crippen molar-refractivity contribution in [3.8, 4) is 5.75 Å². The molecule has 0 bridgehead atoms. The Morgan fingerprint density at radius 3 is 2.60 bits per heavy atom. The number of fused-ring (bicyclic) bond motifs is 2. The molecular formula is C27H25ClF4N4O4. The third-order valence-electron chi connectivity index (χ3n) is 6.46. The van der Waals surface area contributed by atoms with Crippen molar-refractivity contribution in [2.45, 2.75) is 24.8 Å². The maximum atomic E-state index is 13.6. The summed E-state index contributed by atoms with van der Waals surface area (Å²) in [5.41, 5.74) is 0.951. The Bertz CT molecular complexity index is 1410. The van der Waals surface area contributed by atoms with Gasteiger partial charge in [0.25, 0.3) is 0 Å². The number of rotatable bonds is 9. The van der Waals surface area contributed by atoms with Crippen LogP contribution in [0.4, 0.5) is 29.1 Å². The van der Waals surface area contributed by atoms with Crippen LogP contribution in [0.3, 0.4) is 0 Å². The quantitative estimate of drug-likeness (QED) is 0.283. The smallest absolute Gasteiger partial charge is 0.422 e. The van der Waals surface area contributed by atoms with Gasteiger partial charge in [0.1, 0.15) is 23.7 Å². The number of hydrogen-bond donors (Lipinski definition) is 1. The number of carbonyl (C=O) groups excluding carboxylic acids is 1. The van der Waals surface area contributed by atoms with Gasteiger partial charge in [0.2, 0.25) is 0 Å². The summed E-state index contributed by atoms with van der Waals surface area (Å²) in [6, 6.07) is 6.86. The first-order chi connectivity index (χ1) is 19.1. The number of likely N-dealkylation sites (tertiary alicyclic amines) is 1. The molecule has 2 fully saturated rings. The standard InChI is InChI=1S/C27H25ClF4N4O4/c28-20-10-17(3-4-21(20)29)35-26-19-9-16(23(40-14-27(30,31)32)11-22(19)33-15-34-26)8-18(37)2-1-5-36-12-24-25(13-36)39-7-6-38-24/h1-4,9-11,15,24-25H,5-8,12-14H2,(H,33,34,35)/b2-1+/t24-,25+. The number of alkyl halides is 3. The van der Waals surface area contributed by atoms with Gasteiger partial charge in [0, 0.05) is 48.8 Å². The van der Waals surface area contributed by atoms with Crippen molar-refractivity contribution in [2.24, 2.45) is 0 Å². The Morgan fingerprint density at radius 2 is 1.90 bits per heavy atom. The van der Waals surface area contributed by atoms with Crippen molar-refractivity contribution >= 4 is 39.8 Å². The number of ether oxygens (including phenoxy) is 3. The molecule has 1 aromatic heterocycles. The van der Waals surface area contributed by atoms with Crippen LogP contribution in [0.25, 0.3) is 10.9 Å². The van der Waals surface area contributed by atoms with Crippen LogP contribution >= 0.6 is 11.6 Å². The molecule has 2 atom stereocenters. The van der Waals surface area contributed by atoms with Crippen LogP contribution in [0.5, 0.6) is 5.75 Å². The van der Waals surface area contributed by atoms with Crippen LogP contribution in [0.1, 0.15) is 5.56 Å². The SMILES string of the molecule is O=C(/C=C/CN1C[C@@H]2OCCO[C@@H]2C1)Cc1cc2c(Nc3ccc(F)c(Cl)c3)ncnc2cc1OCC(F)(F)F. The Morgan fingerprint density at radius 1 is 1.15 bits per heavy atom. The summed E-state index contributed by atoms with van der Waals surface area (Å²) in [4.78, 5) is 23.3. The minimum absolute atomic E-state index is 0.0137. The Hall–Kier alpha value is -3.32. The number of halogens is 5. The minimum atomic E-state index is -4.57. The van der Waals surface area contributed by atoms with Crippen molar-refractivity contribution in [2.75, 3.05) is 44.8 Å². The highest BCUT2D eigenvalue weighted by Gasteiger charge is 2.36. The molecule has 2 aliphatic rings. The van der Waals surface area contributed by atoms with Gasteiger partial charge in [-0.05, 0) is 30.3 Å². The van der Waals surface area contributed by atoms with E-state index in [1.54, 1.807) is 6.08 Å². The second-order valence-corrected chi connectivity index (χ2v) is 9.85. The summed E-state index contributed by atoms with van der Waals surface area (Å²) in [6.07, 6.45) is -0.417. The molecule has 1 N–H and O–H groups in total. The minimum Gasteiger partial charge on any atom is -0.484 e. The monoisotopic (exact) mass is 580 g/mol. The fraction of sp³-hybridized carbons (Fsp3) is 0.370. The summed E-state index contributed by atoms with van der Waals surface area (Å²) < 4.78 is 68.9. The average molecular weight is 581 g/mol. The predicted octanol–water partition coefficient (Wildman–Crippen LogP) is 4.87. The Balaban J connectivity index is 1.35. The number of hydrogen-bond acceptors (Lipinski definition) is 8. The molecule has 0 radical (unpaired) electrons. The topological polar surface area (TPSA) is 85.8 Å². The number of nitrogens with one attached hydrogen (secondary N) is 1. The van der Waals surface area contributed by atoms with Gasteiger partial charge >= 0.3 is 6.18 Å². The zero-order valence-electron chi connectivity index (χ0n) is 21.1. The van der Waals surface area contributed by atoms with E-state index >= 15 is 0 Å². The normalized spacial score (nSPS) is 19.7. The number of benzene rings is 2. The average Bonchev–Trinajstić information content (AvgIpc) is 3.32. The van der Waals surface area contributed by atoms with E-state index in [9.17, 15) is 22.4 Å². The highest BCUT2D eigenvalue weighted by molar-refractivity contribution is 6.31. The van der Waals surface area contributed by atoms with Gasteiger partial charge in [-0.15, -0.1) is 0 Å². The van der Waals surface area contributed by atoms with Gasteiger partial charge in [-0.3, -0.25) is 9.69 Å². The third-order valence-corrected chi connectivity index (χ3v) is 6.75. The molecule has 212 valence electrons. The molecule has 3 heterocycles. The summed E-state index contributed by atoms with van der Waals surface area (Å²) in [6.45, 7) is 1.49. The first kappa shape index (κ1) is 28.2. The molecule has 8 nitrogen and oxygen atoms in total. The molecule has 0 spiro atoms. The summed E-state index contributed by atoms with van der Waals surface area (Å²) in [5, 5.41) is 3.33. The van der Waals surface area contributed by atoms with Gasteiger partial charge in [-0.25, -0.2) is 14.4 Å². The van der Waals surface area contributed by atoms with Crippen molar-refractivity contribution in [3.05, 3.63) is 65.2 Å². The molecule has 0 aliphatic carbocycles. The number of allylic oxidation sites excluding steroid dienone is 1. The van der Waals surface area contributed by atoms with Crippen LogP contribution in [0, 0.1) is 5.82 Å². The molecule has 0 saturated carbocycles. The maximum absolute atomic E-state index is 13.6. The summed E-state index contributed by atoms with van der Waals surface area (Å²) in [5.74, 6) is -0.736. The van der Waals surface area contributed by atoms with Crippen LogP contribution in [0.15, 0.2) is 48.8 Å². The van der Waals surface area contributed by atoms with E-state index < -0.39 is 18.6 Å². The largest absolute Gasteiger partial charge is 0.484 e. The molecule has 5 rings (SSSR count). The summed E-state index contributed by atoms with van der Waals surface area (Å²) >= 11 is 5.87. The molecule has 0 unspecified atom stereocenters. The molecule has 2 saturated heterocycles. The van der Waals surface area contributed by atoms with E-state index in [1.807, 2.05) is 0 Å². The second-order valence-electron chi connectivity index (χ2n) is 9.44. The van der Waals surface area contributed by atoms with Gasteiger partial charge < -0.3 is 19.5 Å². The van der Waals surface area contributed by atoms with Gasteiger partial charge in [0.05, 0.1) is 36.0 Å². The van der Waals surface area contributed by atoms with Gasteiger partial charge in [-0.1, -0.05) is 17.7 Å². The van der Waals surface area contributed by atoms with Crippen LogP contribution < -0.4 is 10.1 Å². The Labute approximate surface area is 231 Å². The number of nitrogens with zero attached hydrogens (tertiary/aromatic N) is 3. The van der Waals surface area contributed by atoms with Crippen molar-refractivity contribution in [1.82, 2.24) is 14.9 Å². The fourth-order valence-electron chi connectivity index (χ4n) is 4.64. The van der Waals surface area contributed by atoms with Gasteiger partial charge in [0.15, 0.2) is 12.4 Å². The second kappa shape index (κ2) is 12.0. The van der Waals surface area contributed by atoms with Crippen molar-refractivity contribution < 1.29 is 36.6 Å². The van der Waals surface area contributed by atoms with Gasteiger partial charge in [-0.2, -0.15) is 13.2 Å². The highest BCUT2D eigenvalue weighted by Crippen LogP contribution is 2.32. The number of anilines is 2. The molecule has 0 amide bonds. The molecule has 2 aliphatic heterocycles. The van der Waals surface area contributed by atoms with Crippen LogP contribution in [-0.4, -0.2) is 78.5 Å². The zero-order valence-corrected chi connectivity index (χ0v) is 21.8. The first-order valence-corrected chi connectivity index (χ1v) is 12.9. The molecule has 3 aromatic rings. The lowest BCUT2D eigenvalue weighted by molar-refractivity contribution is -0.153. The third kappa shape index (κ3) is 7.05. The van der Waals surface area contributed by atoms with E-state index in [4.69, 9.17) is 25.8 Å². The molecular weight excluding hydrogens is 556 g/mol. The molecule has 40 heavy (non-hydrogen) atoms. The van der Waals surface area contributed by atoms with E-state index in [-0.39, 0.29) is 46.3 Å². The lowest BCUT2D eigenvalue weighted by Crippen LogP contribution is -2.36. The van der Waals surface area contributed by atoms with E-state index in [2.05, 4.69) is 20.2 Å². The molecule has 2 aromatic carbocycles. The first-order valence-electron chi connectivity index (χ1n) is 12.5. The van der Waals surface area contributed by atoms with Crippen molar-refractivity contribution in [3.63, 3.8) is 0 Å². The fourth-order valence-corrected chi connectivity index (χ4v) is 4.82. The lowest BCUT2D eigenvalue weighted by Gasteiger charge is -2.24. The van der Waals surface area contributed by atoms with E-state index in [0.717, 1.165) is 0 Å². The number of aromatic nitrogens is 2. The highest BCUT2D eigenvalue weighted by atomic mass is 35.5. The summed E-state index contributed by atoms with van der Waals surface area (Å²) in [7, 11) is 0. The maximum Gasteiger partial charge on any atom is 0.422 e. The predicted molar refractivity (Wildman–Crippen MR) is 140 cm³/mol.